The zero-order valence-electron chi connectivity index (χ0n) is 16.4. The van der Waals surface area contributed by atoms with E-state index < -0.39 is 5.82 Å². The molecule has 152 valence electrons. The summed E-state index contributed by atoms with van der Waals surface area (Å²) in [5.41, 5.74) is 1.64. The largest absolute Gasteiger partial charge is 0.364 e. The molecule has 2 bridgehead atoms. The number of fused-ring (bicyclic) bond motifs is 2. The fourth-order valence-electron chi connectivity index (χ4n) is 4.42. The van der Waals surface area contributed by atoms with Gasteiger partial charge in [-0.2, -0.15) is 0 Å². The molecule has 0 radical (unpaired) electrons. The van der Waals surface area contributed by atoms with E-state index in [-0.39, 0.29) is 23.8 Å². The molecule has 5 rings (SSSR count). The van der Waals surface area contributed by atoms with Gasteiger partial charge in [0.05, 0.1) is 42.1 Å². The third kappa shape index (κ3) is 3.36. The van der Waals surface area contributed by atoms with Crippen LogP contribution in [0.3, 0.4) is 0 Å². The second-order valence-electron chi connectivity index (χ2n) is 7.78. The first-order valence-electron chi connectivity index (χ1n) is 9.87. The number of hydrogen-bond donors (Lipinski definition) is 1. The molecule has 1 saturated carbocycles. The van der Waals surface area contributed by atoms with E-state index in [0.717, 1.165) is 30.9 Å². The number of carbonyl (C=O) groups is 1. The van der Waals surface area contributed by atoms with Crippen LogP contribution in [0.25, 0.3) is 11.5 Å². The molecule has 3 atom stereocenters. The van der Waals surface area contributed by atoms with Crippen LogP contribution in [0.1, 0.15) is 28.9 Å². The smallest absolute Gasteiger partial charge is 0.256 e. The summed E-state index contributed by atoms with van der Waals surface area (Å²) >= 11 is 0. The third-order valence-electron chi connectivity index (χ3n) is 5.73. The molecule has 30 heavy (non-hydrogen) atoms. The Morgan fingerprint density at radius 3 is 2.67 bits per heavy atom. The minimum absolute atomic E-state index is 0.0628. The summed E-state index contributed by atoms with van der Waals surface area (Å²) < 4.78 is 13.2. The van der Waals surface area contributed by atoms with E-state index in [4.69, 9.17) is 0 Å². The fraction of sp³-hybridized carbons (Fsp3) is 0.333. The predicted molar refractivity (Wildman–Crippen MR) is 107 cm³/mol. The predicted octanol–water partition coefficient (Wildman–Crippen LogP) is 2.49. The van der Waals surface area contributed by atoms with Gasteiger partial charge in [-0.3, -0.25) is 14.8 Å². The number of carbonyl (C=O) groups excluding carboxylic acids is 1. The average molecular weight is 405 g/mol. The van der Waals surface area contributed by atoms with E-state index in [9.17, 15) is 9.18 Å². The molecule has 3 unspecified atom stereocenters. The van der Waals surface area contributed by atoms with Gasteiger partial charge >= 0.3 is 0 Å². The molecule has 9 heteroatoms. The van der Waals surface area contributed by atoms with Crippen LogP contribution < -0.4 is 5.32 Å². The van der Waals surface area contributed by atoms with Crippen molar-refractivity contribution in [1.29, 1.82) is 0 Å². The molecule has 2 aliphatic rings. The van der Waals surface area contributed by atoms with Crippen molar-refractivity contribution in [3.8, 4) is 11.5 Å². The quantitative estimate of drug-likeness (QED) is 0.712. The Bertz CT molecular complexity index is 1070. The molecule has 3 aromatic rings. The van der Waals surface area contributed by atoms with Gasteiger partial charge in [-0.25, -0.2) is 19.3 Å². The zero-order valence-corrected chi connectivity index (χ0v) is 16.4. The monoisotopic (exact) mass is 405 g/mol. The lowest BCUT2D eigenvalue weighted by Gasteiger charge is -2.34. The van der Waals surface area contributed by atoms with Gasteiger partial charge in [-0.05, 0) is 37.8 Å². The molecule has 1 saturated heterocycles. The van der Waals surface area contributed by atoms with Crippen molar-refractivity contribution >= 4 is 11.7 Å². The number of rotatable bonds is 4. The second-order valence-corrected chi connectivity index (χ2v) is 7.78. The number of piperidine rings is 1. The maximum absolute atomic E-state index is 13.4. The molecule has 1 amide bonds. The van der Waals surface area contributed by atoms with E-state index in [1.54, 1.807) is 30.7 Å². The SMILES string of the molecule is Cc1cnc(NC2CC3CC2N(C(=O)c2cccnc2-c2ncc(F)cn2)C3)cn1. The van der Waals surface area contributed by atoms with Gasteiger partial charge in [-0.15, -0.1) is 0 Å². The number of halogens is 1. The van der Waals surface area contributed by atoms with E-state index in [2.05, 4.69) is 30.2 Å². The number of likely N-dealkylation sites (tertiary alicyclic amines) is 1. The minimum atomic E-state index is -0.535. The zero-order chi connectivity index (χ0) is 20.7. The Balaban J connectivity index is 1.39. The Morgan fingerprint density at radius 2 is 1.93 bits per heavy atom. The molecular formula is C21H20FN7O. The van der Waals surface area contributed by atoms with Crippen molar-refractivity contribution in [1.82, 2.24) is 29.8 Å². The second kappa shape index (κ2) is 7.40. The summed E-state index contributed by atoms with van der Waals surface area (Å²) in [7, 11) is 0. The van der Waals surface area contributed by atoms with Gasteiger partial charge in [0.2, 0.25) is 0 Å². The lowest BCUT2D eigenvalue weighted by atomic mass is 10.0. The van der Waals surface area contributed by atoms with Crippen molar-refractivity contribution in [2.24, 2.45) is 5.92 Å². The maximum atomic E-state index is 13.4. The number of hydrogen-bond acceptors (Lipinski definition) is 7. The van der Waals surface area contributed by atoms with Crippen LogP contribution in [0, 0.1) is 18.7 Å². The third-order valence-corrected chi connectivity index (χ3v) is 5.73. The maximum Gasteiger partial charge on any atom is 0.256 e. The highest BCUT2D eigenvalue weighted by molar-refractivity contribution is 5.99. The van der Waals surface area contributed by atoms with Gasteiger partial charge in [0.1, 0.15) is 11.5 Å². The molecule has 1 aliphatic carbocycles. The van der Waals surface area contributed by atoms with Crippen molar-refractivity contribution in [2.45, 2.75) is 31.8 Å². The molecule has 0 spiro atoms. The number of pyridine rings is 1. The topological polar surface area (TPSA) is 96.8 Å². The van der Waals surface area contributed by atoms with E-state index >= 15 is 0 Å². The Hall–Kier alpha value is -3.49. The molecule has 1 aliphatic heterocycles. The van der Waals surface area contributed by atoms with Crippen LogP contribution in [0.15, 0.2) is 43.1 Å². The molecule has 1 N–H and O–H groups in total. The standard InChI is InChI=1S/C21H20FN7O/c1-12-7-25-18(10-24-12)28-16-5-13-6-17(16)29(11-13)21(30)15-3-2-4-23-19(15)20-26-8-14(22)9-27-20/h2-4,7-10,13,16-17H,5-6,11H2,1H3,(H,25,28). The highest BCUT2D eigenvalue weighted by Crippen LogP contribution is 2.40. The summed E-state index contributed by atoms with van der Waals surface area (Å²) in [6.45, 7) is 2.60. The van der Waals surface area contributed by atoms with Crippen LogP contribution in [0.2, 0.25) is 0 Å². The highest BCUT2D eigenvalue weighted by Gasteiger charge is 2.47. The molecule has 4 heterocycles. The number of aryl methyl sites for hydroxylation is 1. The van der Waals surface area contributed by atoms with Crippen LogP contribution in [0.4, 0.5) is 10.2 Å². The summed E-state index contributed by atoms with van der Waals surface area (Å²) in [5.74, 6) is 0.742. The Morgan fingerprint density at radius 1 is 1.10 bits per heavy atom. The molecule has 3 aromatic heterocycles. The van der Waals surface area contributed by atoms with Crippen LogP contribution in [-0.2, 0) is 0 Å². The number of anilines is 1. The van der Waals surface area contributed by atoms with Gasteiger partial charge in [-0.1, -0.05) is 0 Å². The van der Waals surface area contributed by atoms with Crippen LogP contribution >= 0.6 is 0 Å². The molecule has 0 aromatic carbocycles. The highest BCUT2D eigenvalue weighted by atomic mass is 19.1. The summed E-state index contributed by atoms with van der Waals surface area (Å²) in [4.78, 5) is 36.3. The number of amides is 1. The fourth-order valence-corrected chi connectivity index (χ4v) is 4.42. The van der Waals surface area contributed by atoms with E-state index in [1.165, 1.54) is 0 Å². The average Bonchev–Trinajstić information content (AvgIpc) is 3.36. The van der Waals surface area contributed by atoms with Crippen molar-refractivity contribution in [2.75, 3.05) is 11.9 Å². The first-order chi connectivity index (χ1) is 14.6. The first kappa shape index (κ1) is 18.5. The molecule has 8 nitrogen and oxygen atoms in total. The molecular weight excluding hydrogens is 385 g/mol. The van der Waals surface area contributed by atoms with Crippen LogP contribution in [-0.4, -0.2) is 54.4 Å². The van der Waals surface area contributed by atoms with Crippen molar-refractivity contribution in [3.63, 3.8) is 0 Å². The number of nitrogens with zero attached hydrogens (tertiary/aromatic N) is 6. The summed E-state index contributed by atoms with van der Waals surface area (Å²) in [6, 6.07) is 3.61. The number of nitrogens with one attached hydrogen (secondary N) is 1. The Kier molecular flexibility index (Phi) is 4.57. The Labute approximate surface area is 172 Å². The molecule has 2 fully saturated rings. The first-order valence-corrected chi connectivity index (χ1v) is 9.87. The van der Waals surface area contributed by atoms with Gasteiger partial charge in [0, 0.05) is 18.8 Å². The minimum Gasteiger partial charge on any atom is -0.364 e. The summed E-state index contributed by atoms with van der Waals surface area (Å²) in [5, 5.41) is 3.44. The normalized spacial score (nSPS) is 22.3. The van der Waals surface area contributed by atoms with Gasteiger partial charge < -0.3 is 10.2 Å². The van der Waals surface area contributed by atoms with Crippen LogP contribution in [0.5, 0.6) is 0 Å². The lowest BCUT2D eigenvalue weighted by Crippen LogP contribution is -2.48. The number of aromatic nitrogens is 5. The summed E-state index contributed by atoms with van der Waals surface area (Å²) in [6.07, 6.45) is 9.12. The van der Waals surface area contributed by atoms with Gasteiger partial charge in [0.25, 0.3) is 5.91 Å². The van der Waals surface area contributed by atoms with Crippen molar-refractivity contribution < 1.29 is 9.18 Å². The van der Waals surface area contributed by atoms with Crippen molar-refractivity contribution in [3.05, 3.63) is 60.2 Å². The lowest BCUT2D eigenvalue weighted by molar-refractivity contribution is 0.0692. The van der Waals surface area contributed by atoms with E-state index in [0.29, 0.717) is 29.5 Å². The van der Waals surface area contributed by atoms with E-state index in [1.807, 2.05) is 11.8 Å². The van der Waals surface area contributed by atoms with Gasteiger partial charge in [0.15, 0.2) is 11.6 Å².